The molecule has 0 bridgehead atoms. The van der Waals surface area contributed by atoms with Gasteiger partial charge in [0.25, 0.3) is 0 Å². The number of nitrogen functional groups attached to an aromatic ring is 1. The second-order valence-electron chi connectivity index (χ2n) is 3.79. The van der Waals surface area contributed by atoms with Gasteiger partial charge in [-0.1, -0.05) is 24.8 Å². The molecule has 0 aliphatic carbocycles. The molecule has 0 saturated carbocycles. The molecule has 2 aromatic rings. The maximum Gasteiger partial charge on any atom is 0.224 e. The Balaban J connectivity index is 2.06. The lowest BCUT2D eigenvalue weighted by atomic mass is 10.3. The smallest absolute Gasteiger partial charge is 0.224 e. The Hall–Kier alpha value is -2.02. The van der Waals surface area contributed by atoms with Crippen LogP contribution in [-0.2, 0) is 6.61 Å². The predicted molar refractivity (Wildman–Crippen MR) is 78.0 cm³/mol. The van der Waals surface area contributed by atoms with E-state index in [4.69, 9.17) is 15.2 Å². The molecule has 0 unspecified atom stereocenters. The van der Waals surface area contributed by atoms with Crippen molar-refractivity contribution in [2.75, 3.05) is 18.6 Å². The summed E-state index contributed by atoms with van der Waals surface area (Å²) >= 11 is 1.51. The summed E-state index contributed by atoms with van der Waals surface area (Å²) in [5.41, 5.74) is 5.65. The van der Waals surface area contributed by atoms with Gasteiger partial charge < -0.3 is 15.2 Å². The lowest BCUT2D eigenvalue weighted by Gasteiger charge is -2.08. The number of anilines is 1. The molecule has 1 aromatic carbocycles. The SMILES string of the molecule is CCSc1nc(N)nc(COc2cccc(OC)c2)n1. The van der Waals surface area contributed by atoms with Crippen molar-refractivity contribution in [1.82, 2.24) is 15.0 Å². The van der Waals surface area contributed by atoms with Gasteiger partial charge >= 0.3 is 0 Å². The van der Waals surface area contributed by atoms with Gasteiger partial charge in [0, 0.05) is 6.07 Å². The molecule has 20 heavy (non-hydrogen) atoms. The first-order valence-electron chi connectivity index (χ1n) is 6.11. The van der Waals surface area contributed by atoms with Crippen LogP contribution in [-0.4, -0.2) is 27.8 Å². The minimum Gasteiger partial charge on any atom is -0.497 e. The summed E-state index contributed by atoms with van der Waals surface area (Å²) in [6.45, 7) is 2.26. The maximum atomic E-state index is 5.65. The van der Waals surface area contributed by atoms with Crippen molar-refractivity contribution in [2.24, 2.45) is 0 Å². The molecule has 0 spiro atoms. The number of hydrogen-bond donors (Lipinski definition) is 1. The lowest BCUT2D eigenvalue weighted by molar-refractivity contribution is 0.292. The molecule has 2 N–H and O–H groups in total. The van der Waals surface area contributed by atoms with E-state index in [9.17, 15) is 0 Å². The molecule has 106 valence electrons. The zero-order chi connectivity index (χ0) is 14.4. The molecule has 1 aromatic heterocycles. The first-order valence-corrected chi connectivity index (χ1v) is 7.10. The maximum absolute atomic E-state index is 5.65. The number of nitrogens with zero attached hydrogens (tertiary/aromatic N) is 3. The number of thioether (sulfide) groups is 1. The summed E-state index contributed by atoms with van der Waals surface area (Å²) < 4.78 is 10.8. The molecular formula is C13H16N4O2S. The minimum atomic E-state index is 0.209. The average molecular weight is 292 g/mol. The van der Waals surface area contributed by atoms with Crippen LogP contribution in [0.2, 0.25) is 0 Å². The Morgan fingerprint density at radius 1 is 1.20 bits per heavy atom. The molecule has 0 amide bonds. The van der Waals surface area contributed by atoms with Crippen LogP contribution in [0.4, 0.5) is 5.95 Å². The molecule has 6 nitrogen and oxygen atoms in total. The van der Waals surface area contributed by atoms with Crippen LogP contribution >= 0.6 is 11.8 Å². The third-order valence-corrected chi connectivity index (χ3v) is 3.09. The number of rotatable bonds is 6. The van der Waals surface area contributed by atoms with E-state index in [1.54, 1.807) is 13.2 Å². The van der Waals surface area contributed by atoms with Crippen molar-refractivity contribution in [1.29, 1.82) is 0 Å². The molecule has 0 radical (unpaired) electrons. The van der Waals surface area contributed by atoms with Gasteiger partial charge in [-0.05, 0) is 17.9 Å². The average Bonchev–Trinajstić information content (AvgIpc) is 2.45. The van der Waals surface area contributed by atoms with Crippen molar-refractivity contribution in [3.63, 3.8) is 0 Å². The van der Waals surface area contributed by atoms with Gasteiger partial charge in [0.1, 0.15) is 18.1 Å². The summed E-state index contributed by atoms with van der Waals surface area (Å²) in [5.74, 6) is 3.02. The Morgan fingerprint density at radius 2 is 2.00 bits per heavy atom. The summed E-state index contributed by atoms with van der Waals surface area (Å²) in [4.78, 5) is 12.4. The van der Waals surface area contributed by atoms with E-state index in [-0.39, 0.29) is 12.6 Å². The standard InChI is InChI=1S/C13H16N4O2S/c1-3-20-13-16-11(15-12(14)17-13)8-19-10-6-4-5-9(7-10)18-2/h4-7H,3,8H2,1-2H3,(H2,14,15,16,17). The zero-order valence-corrected chi connectivity index (χ0v) is 12.2. The van der Waals surface area contributed by atoms with E-state index in [0.717, 1.165) is 11.5 Å². The van der Waals surface area contributed by atoms with Crippen LogP contribution in [0.25, 0.3) is 0 Å². The van der Waals surface area contributed by atoms with Crippen LogP contribution in [0.5, 0.6) is 11.5 Å². The van der Waals surface area contributed by atoms with Crippen LogP contribution in [0.15, 0.2) is 29.4 Å². The summed E-state index contributed by atoms with van der Waals surface area (Å²) in [6.07, 6.45) is 0. The van der Waals surface area contributed by atoms with E-state index in [0.29, 0.717) is 16.7 Å². The van der Waals surface area contributed by atoms with Gasteiger partial charge in [-0.3, -0.25) is 0 Å². The fourth-order valence-electron chi connectivity index (χ4n) is 1.51. The number of aromatic nitrogens is 3. The van der Waals surface area contributed by atoms with E-state index < -0.39 is 0 Å². The summed E-state index contributed by atoms with van der Waals surface area (Å²) in [6, 6.07) is 7.35. The Kier molecular flexibility index (Phi) is 5.00. The molecule has 0 aliphatic rings. The molecule has 0 saturated heterocycles. The van der Waals surface area contributed by atoms with Crippen molar-refractivity contribution in [3.05, 3.63) is 30.1 Å². The van der Waals surface area contributed by atoms with Gasteiger partial charge in [0.2, 0.25) is 5.95 Å². The molecule has 0 atom stereocenters. The van der Waals surface area contributed by atoms with Crippen molar-refractivity contribution >= 4 is 17.7 Å². The van der Waals surface area contributed by atoms with E-state index >= 15 is 0 Å². The number of ether oxygens (including phenoxy) is 2. The normalized spacial score (nSPS) is 10.3. The molecule has 1 heterocycles. The van der Waals surface area contributed by atoms with Gasteiger partial charge in [-0.25, -0.2) is 4.98 Å². The van der Waals surface area contributed by atoms with Gasteiger partial charge in [-0.15, -0.1) is 0 Å². The van der Waals surface area contributed by atoms with Crippen LogP contribution in [0, 0.1) is 0 Å². The Bertz CT molecular complexity index is 580. The zero-order valence-electron chi connectivity index (χ0n) is 11.4. The molecule has 0 aliphatic heterocycles. The van der Waals surface area contributed by atoms with Crippen LogP contribution in [0.3, 0.4) is 0 Å². The van der Waals surface area contributed by atoms with E-state index in [2.05, 4.69) is 15.0 Å². The lowest BCUT2D eigenvalue weighted by Crippen LogP contribution is -2.07. The predicted octanol–water partition coefficient (Wildman–Crippen LogP) is 2.15. The second-order valence-corrected chi connectivity index (χ2v) is 5.02. The van der Waals surface area contributed by atoms with Crippen molar-refractivity contribution < 1.29 is 9.47 Å². The first kappa shape index (κ1) is 14.4. The quantitative estimate of drug-likeness (QED) is 0.817. The fourth-order valence-corrected chi connectivity index (χ4v) is 2.10. The first-order chi connectivity index (χ1) is 9.71. The molecule has 0 fully saturated rings. The second kappa shape index (κ2) is 6.95. The third-order valence-electron chi connectivity index (χ3n) is 2.36. The van der Waals surface area contributed by atoms with Gasteiger partial charge in [0.05, 0.1) is 7.11 Å². The molecular weight excluding hydrogens is 276 g/mol. The highest BCUT2D eigenvalue weighted by Crippen LogP contribution is 2.20. The van der Waals surface area contributed by atoms with Crippen molar-refractivity contribution in [3.8, 4) is 11.5 Å². The third kappa shape index (κ3) is 3.99. The van der Waals surface area contributed by atoms with Crippen molar-refractivity contribution in [2.45, 2.75) is 18.7 Å². The largest absolute Gasteiger partial charge is 0.497 e. The summed E-state index contributed by atoms with van der Waals surface area (Å²) in [5, 5.41) is 0.615. The number of methoxy groups -OCH3 is 1. The topological polar surface area (TPSA) is 83.2 Å². The van der Waals surface area contributed by atoms with Crippen LogP contribution < -0.4 is 15.2 Å². The highest BCUT2D eigenvalue weighted by Gasteiger charge is 2.06. The minimum absolute atomic E-state index is 0.209. The van der Waals surface area contributed by atoms with Gasteiger partial charge in [-0.2, -0.15) is 9.97 Å². The van der Waals surface area contributed by atoms with E-state index in [1.165, 1.54) is 11.8 Å². The fraction of sp³-hybridized carbons (Fsp3) is 0.308. The highest BCUT2D eigenvalue weighted by atomic mass is 32.2. The molecule has 2 rings (SSSR count). The highest BCUT2D eigenvalue weighted by molar-refractivity contribution is 7.99. The number of nitrogens with two attached hydrogens (primary N) is 1. The van der Waals surface area contributed by atoms with Gasteiger partial charge in [0.15, 0.2) is 11.0 Å². The molecule has 7 heteroatoms. The number of hydrogen-bond acceptors (Lipinski definition) is 7. The monoisotopic (exact) mass is 292 g/mol. The Morgan fingerprint density at radius 3 is 2.75 bits per heavy atom. The van der Waals surface area contributed by atoms with Crippen LogP contribution in [0.1, 0.15) is 12.7 Å². The van der Waals surface area contributed by atoms with E-state index in [1.807, 2.05) is 25.1 Å². The number of benzene rings is 1. The Labute approximate surface area is 121 Å². The summed E-state index contributed by atoms with van der Waals surface area (Å²) in [7, 11) is 1.61.